The third-order valence-electron chi connectivity index (χ3n) is 13.8. The van der Waals surface area contributed by atoms with Gasteiger partial charge in [-0.3, -0.25) is 37.3 Å². The minimum atomic E-state index is -4.55. The van der Waals surface area contributed by atoms with Gasteiger partial charge >= 0.3 is 27.6 Å². The van der Waals surface area contributed by atoms with Crippen LogP contribution in [0.2, 0.25) is 0 Å². The lowest BCUT2D eigenvalue weighted by Crippen LogP contribution is -2.50. The number of esters is 2. The van der Waals surface area contributed by atoms with Crippen molar-refractivity contribution < 1.29 is 94.6 Å². The molecule has 0 aliphatic carbocycles. The third kappa shape index (κ3) is 49.6. The molecule has 26 nitrogen and oxygen atoms in total. The Bertz CT molecular complexity index is 2450. The standard InChI is InChI=1S/C36H51O11P.C27H52N7O8P/c1-5-9-10-11-12-13-14-15-16-17-18-21-35(39)45-28-31(37)29-47-48(40,41)46-25-19-20-32(38)30-26-33(42-22-6-2)36(44-24-8-4)34(27-30)43-23-7-3;1-3-4-5-6-7-8-9-10-11-12-13-16-27(37)40-23-26(36)24-42-43(38,39)41-21-14-15-25(35)22-34(2,19-17-30-32-28)20-18-31-33-29/h2-4,26-27,31,37H,5,9-25,28-29H2,1H3,(H,40,41);26,36H,3-24H2,1-2H3/p+1/t31-;26-/m11/s1. The molecule has 0 amide bonds. The number of rotatable bonds is 59. The minimum absolute atomic E-state index is 0.0579. The first-order valence-electron chi connectivity index (χ1n) is 31.9. The van der Waals surface area contributed by atoms with Gasteiger partial charge < -0.3 is 48.2 Å². The molecule has 0 saturated heterocycles. The molecule has 0 bridgehead atoms. The largest absolute Gasteiger partial charge is 0.477 e. The molecule has 1 aromatic rings. The molecule has 4 N–H and O–H groups in total. The SMILES string of the molecule is C#CCOc1cc(C(=O)CCCOP(=O)(O)OC[C@H](O)COC(=O)CCCCCCCCCCCCC)cc(OCC#C)c1OCC#C.CCCCCCCCCCCCCC(=O)OC[C@@H](O)COP(=O)(O)OCCCC(=O)C[N+](C)(CCN=[N+]=[N-])CCN=[N+]=[N-]. The maximum absolute atomic E-state index is 12.9. The molecule has 0 aliphatic heterocycles. The molecule has 91 heavy (non-hydrogen) atoms. The molecule has 0 spiro atoms. The van der Waals surface area contributed by atoms with Crippen molar-refractivity contribution in [2.45, 2.75) is 206 Å². The summed E-state index contributed by atoms with van der Waals surface area (Å²) in [5, 5.41) is 26.9. The van der Waals surface area contributed by atoms with Gasteiger partial charge in [0.15, 0.2) is 23.1 Å². The first-order chi connectivity index (χ1) is 43.7. The number of azide groups is 2. The molecule has 28 heteroatoms. The molecule has 0 radical (unpaired) electrons. The molecule has 2 unspecified atom stereocenters. The van der Waals surface area contributed by atoms with Crippen molar-refractivity contribution in [2.24, 2.45) is 10.2 Å². The molecule has 0 aromatic heterocycles. The number of phosphoric acid groups is 2. The summed E-state index contributed by atoms with van der Waals surface area (Å²) in [7, 11) is -7.25. The lowest BCUT2D eigenvalue weighted by atomic mass is 10.1. The maximum atomic E-state index is 12.9. The van der Waals surface area contributed by atoms with Crippen molar-refractivity contribution in [3.05, 3.63) is 38.6 Å². The highest BCUT2D eigenvalue weighted by atomic mass is 31.2. The van der Waals surface area contributed by atoms with Crippen molar-refractivity contribution >= 4 is 39.2 Å². The van der Waals surface area contributed by atoms with Crippen LogP contribution in [0.15, 0.2) is 22.4 Å². The summed E-state index contributed by atoms with van der Waals surface area (Å²) < 4.78 is 70.5. The average molecular weight is 1330 g/mol. The van der Waals surface area contributed by atoms with Gasteiger partial charge in [-0.1, -0.05) is 170 Å². The van der Waals surface area contributed by atoms with Crippen LogP contribution in [0.25, 0.3) is 20.9 Å². The van der Waals surface area contributed by atoms with E-state index in [0.717, 1.165) is 38.5 Å². The summed E-state index contributed by atoms with van der Waals surface area (Å²) in [6.45, 7) is 2.88. The fraction of sp³-hybridized carbons (Fsp3) is 0.746. The molecule has 0 heterocycles. The number of likely N-dealkylation sites (N-methyl/N-ethyl adjacent to an activating group) is 1. The number of hydrogen-bond donors (Lipinski definition) is 4. The number of nitrogens with zero attached hydrogens (tertiary/aromatic N) is 7. The normalized spacial score (nSPS) is 13.5. The molecule has 1 rings (SSSR count). The van der Waals surface area contributed by atoms with Gasteiger partial charge in [0.1, 0.15) is 51.8 Å². The number of aliphatic hydroxyl groups is 2. The number of unbranched alkanes of at least 4 members (excludes halogenated alkanes) is 20. The quantitative estimate of drug-likeness (QED) is 0.00541. The third-order valence-corrected chi connectivity index (χ3v) is 15.8. The van der Waals surface area contributed by atoms with Gasteiger partial charge in [-0.2, -0.15) is 0 Å². The van der Waals surface area contributed by atoms with E-state index in [0.29, 0.717) is 25.9 Å². The Morgan fingerprint density at radius 3 is 1.27 bits per heavy atom. The van der Waals surface area contributed by atoms with Gasteiger partial charge in [0.25, 0.3) is 0 Å². The molecule has 4 atom stereocenters. The van der Waals surface area contributed by atoms with Gasteiger partial charge in [-0.15, -0.1) is 19.3 Å². The average Bonchev–Trinajstić information content (AvgIpc) is 3.72. The number of ketones is 2. The van der Waals surface area contributed by atoms with E-state index in [9.17, 15) is 48.3 Å². The van der Waals surface area contributed by atoms with Gasteiger partial charge in [0.2, 0.25) is 5.75 Å². The number of benzene rings is 1. The summed E-state index contributed by atoms with van der Waals surface area (Å²) in [6, 6.07) is 2.84. The van der Waals surface area contributed by atoms with Crippen LogP contribution in [0.3, 0.4) is 0 Å². The monoisotopic (exact) mass is 1320 g/mol. The summed E-state index contributed by atoms with van der Waals surface area (Å²) in [4.78, 5) is 74.4. The van der Waals surface area contributed by atoms with Crippen molar-refractivity contribution in [2.75, 3.05) is 99.2 Å². The van der Waals surface area contributed by atoms with Crippen LogP contribution in [0.1, 0.15) is 204 Å². The number of quaternary nitrogens is 1. The molecule has 0 saturated carbocycles. The van der Waals surface area contributed by atoms with E-state index < -0.39 is 53.0 Å². The lowest BCUT2D eigenvalue weighted by Gasteiger charge is -2.33. The highest BCUT2D eigenvalue weighted by Crippen LogP contribution is 2.44. The number of hydrogen-bond acceptors (Lipinski definition) is 19. The topological polar surface area (TPSA) is 364 Å². The Morgan fingerprint density at radius 1 is 0.538 bits per heavy atom. The Hall–Kier alpha value is -5.70. The fourth-order valence-corrected chi connectivity index (χ4v) is 10.4. The summed E-state index contributed by atoms with van der Waals surface area (Å²) in [5.41, 5.74) is 17.2. The second-order valence-electron chi connectivity index (χ2n) is 22.0. The van der Waals surface area contributed by atoms with Crippen molar-refractivity contribution in [1.29, 1.82) is 0 Å². The Labute approximate surface area is 539 Å². The van der Waals surface area contributed by atoms with E-state index in [1.54, 1.807) is 7.05 Å². The number of phosphoric ester groups is 2. The predicted molar refractivity (Wildman–Crippen MR) is 346 cm³/mol. The Kier molecular flexibility index (Phi) is 52.4. The molecule has 0 fully saturated rings. The zero-order valence-corrected chi connectivity index (χ0v) is 56.0. The van der Waals surface area contributed by atoms with E-state index in [4.69, 9.17) is 72.1 Å². The van der Waals surface area contributed by atoms with E-state index in [-0.39, 0.29) is 143 Å². The summed E-state index contributed by atoms with van der Waals surface area (Å²) >= 11 is 0. The molecular weight excluding hydrogens is 1220 g/mol. The second-order valence-corrected chi connectivity index (χ2v) is 24.9. The number of carbonyl (C=O) groups is 4. The van der Waals surface area contributed by atoms with Crippen LogP contribution < -0.4 is 14.2 Å². The van der Waals surface area contributed by atoms with E-state index in [1.165, 1.54) is 102 Å². The van der Waals surface area contributed by atoms with Gasteiger partial charge in [0, 0.05) is 41.1 Å². The van der Waals surface area contributed by atoms with E-state index >= 15 is 0 Å². The summed E-state index contributed by atoms with van der Waals surface area (Å²) in [5.74, 6) is 5.98. The van der Waals surface area contributed by atoms with Gasteiger partial charge in [0.05, 0.1) is 59.7 Å². The van der Waals surface area contributed by atoms with E-state index in [1.807, 2.05) is 0 Å². The number of aliphatic hydroxyl groups excluding tert-OH is 2. The zero-order chi connectivity index (χ0) is 67.7. The first-order valence-corrected chi connectivity index (χ1v) is 34.9. The van der Waals surface area contributed by atoms with Crippen LogP contribution in [-0.2, 0) is 51.1 Å². The predicted octanol–water partition coefficient (Wildman–Crippen LogP) is 12.6. The van der Waals surface area contributed by atoms with E-state index in [2.05, 4.69) is 51.7 Å². The number of Topliss-reactive ketones (excluding diaryl/α,β-unsaturated/α-hetero) is 2. The molecule has 514 valence electrons. The van der Waals surface area contributed by atoms with Crippen LogP contribution in [0, 0.1) is 37.0 Å². The van der Waals surface area contributed by atoms with Crippen LogP contribution in [0.5, 0.6) is 17.2 Å². The maximum Gasteiger partial charge on any atom is 0.472 e. The van der Waals surface area contributed by atoms with Crippen LogP contribution in [-0.4, -0.2) is 159 Å². The first kappa shape index (κ1) is 85.3. The zero-order valence-electron chi connectivity index (χ0n) is 54.2. The van der Waals surface area contributed by atoms with Crippen molar-refractivity contribution in [1.82, 2.24) is 0 Å². The molecule has 0 aliphatic rings. The lowest BCUT2D eigenvalue weighted by molar-refractivity contribution is -0.899. The van der Waals surface area contributed by atoms with Gasteiger partial charge in [-0.05, 0) is 48.9 Å². The van der Waals surface area contributed by atoms with Gasteiger partial charge in [-0.25, -0.2) is 9.13 Å². The Balaban J connectivity index is 0.00000179. The second kappa shape index (κ2) is 55.9. The number of carbonyl (C=O) groups excluding carboxylic acids is 4. The van der Waals surface area contributed by atoms with Crippen LogP contribution in [0.4, 0.5) is 0 Å². The van der Waals surface area contributed by atoms with Crippen molar-refractivity contribution in [3.63, 3.8) is 0 Å². The van der Waals surface area contributed by atoms with Crippen molar-refractivity contribution in [3.8, 4) is 54.3 Å². The number of ether oxygens (including phenoxy) is 5. The fourth-order valence-electron chi connectivity index (χ4n) is 8.81. The Morgan fingerprint density at radius 2 is 0.901 bits per heavy atom. The number of terminal acetylenes is 3. The highest BCUT2D eigenvalue weighted by Gasteiger charge is 2.27. The molecular formula is C63H104N7O19P2+. The molecule has 1 aromatic carbocycles. The highest BCUT2D eigenvalue weighted by molar-refractivity contribution is 7.47. The van der Waals surface area contributed by atoms with Crippen LogP contribution >= 0.6 is 15.6 Å². The minimum Gasteiger partial charge on any atom is -0.477 e. The smallest absolute Gasteiger partial charge is 0.472 e. The summed E-state index contributed by atoms with van der Waals surface area (Å²) in [6.07, 6.45) is 39.7.